The number of benzene rings is 1. The maximum atomic E-state index is 5.64. The Morgan fingerprint density at radius 3 is 2.84 bits per heavy atom. The molecule has 2 rings (SSSR count). The zero-order valence-corrected chi connectivity index (χ0v) is 11.7. The highest BCUT2D eigenvalue weighted by atomic mass is 16.5. The van der Waals surface area contributed by atoms with Gasteiger partial charge in [-0.25, -0.2) is 4.98 Å². The summed E-state index contributed by atoms with van der Waals surface area (Å²) in [6.45, 7) is 7.63. The highest BCUT2D eigenvalue weighted by Crippen LogP contribution is 2.28. The van der Waals surface area contributed by atoms with Crippen molar-refractivity contribution in [2.75, 3.05) is 6.61 Å². The van der Waals surface area contributed by atoms with Gasteiger partial charge in [-0.2, -0.15) is 0 Å². The molecule has 0 saturated carbocycles. The van der Waals surface area contributed by atoms with Gasteiger partial charge in [0.25, 0.3) is 0 Å². The van der Waals surface area contributed by atoms with E-state index in [1.807, 2.05) is 37.4 Å². The summed E-state index contributed by atoms with van der Waals surface area (Å²) >= 11 is 0. The molecule has 0 aliphatic carbocycles. The van der Waals surface area contributed by atoms with Crippen molar-refractivity contribution in [3.05, 3.63) is 36.3 Å². The van der Waals surface area contributed by atoms with E-state index in [0.29, 0.717) is 12.6 Å². The van der Waals surface area contributed by atoms with E-state index in [9.17, 15) is 0 Å². The average Bonchev–Trinajstić information content (AvgIpc) is 2.86. The third kappa shape index (κ3) is 3.58. The van der Waals surface area contributed by atoms with Crippen LogP contribution in [0.5, 0.6) is 5.75 Å². The molecule has 0 radical (unpaired) electrons. The fourth-order valence-corrected chi connectivity index (χ4v) is 1.86. The topological polar surface area (TPSA) is 49.9 Å². The number of para-hydroxylation sites is 1. The summed E-state index contributed by atoms with van der Waals surface area (Å²) in [4.78, 5) is 7.72. The van der Waals surface area contributed by atoms with Gasteiger partial charge in [0, 0.05) is 11.6 Å². The molecule has 0 bridgehead atoms. The lowest BCUT2D eigenvalue weighted by Crippen LogP contribution is -2.22. The molecule has 4 nitrogen and oxygen atoms in total. The van der Waals surface area contributed by atoms with E-state index in [1.54, 1.807) is 0 Å². The Balaban J connectivity index is 2.18. The first kappa shape index (κ1) is 13.6. The molecule has 0 saturated heterocycles. The van der Waals surface area contributed by atoms with Crippen molar-refractivity contribution < 1.29 is 4.74 Å². The lowest BCUT2D eigenvalue weighted by Gasteiger charge is -2.08. The summed E-state index contributed by atoms with van der Waals surface area (Å²) in [5, 5.41) is 3.34. The molecule has 0 aliphatic heterocycles. The predicted octanol–water partition coefficient (Wildman–Crippen LogP) is 2.97. The maximum Gasteiger partial charge on any atom is 0.128 e. The van der Waals surface area contributed by atoms with E-state index in [4.69, 9.17) is 4.74 Å². The van der Waals surface area contributed by atoms with Crippen LogP contribution in [0.2, 0.25) is 0 Å². The highest BCUT2D eigenvalue weighted by molar-refractivity contribution is 5.66. The van der Waals surface area contributed by atoms with Gasteiger partial charge in [0.05, 0.1) is 25.0 Å². The number of nitrogens with one attached hydrogen (secondary N) is 2. The van der Waals surface area contributed by atoms with Crippen LogP contribution in [0.3, 0.4) is 0 Å². The zero-order chi connectivity index (χ0) is 13.7. The number of aromatic nitrogens is 2. The summed E-state index contributed by atoms with van der Waals surface area (Å²) in [5.41, 5.74) is 2.04. The van der Waals surface area contributed by atoms with Crippen molar-refractivity contribution in [1.82, 2.24) is 15.3 Å². The van der Waals surface area contributed by atoms with Gasteiger partial charge in [-0.05, 0) is 19.1 Å². The van der Waals surface area contributed by atoms with Crippen molar-refractivity contribution in [1.29, 1.82) is 0 Å². The molecule has 0 fully saturated rings. The van der Waals surface area contributed by atoms with E-state index in [-0.39, 0.29) is 0 Å². The number of rotatable bonds is 6. The summed E-state index contributed by atoms with van der Waals surface area (Å²) < 4.78 is 5.64. The quantitative estimate of drug-likeness (QED) is 0.838. The fraction of sp³-hybridized carbons (Fsp3) is 0.400. The van der Waals surface area contributed by atoms with E-state index in [2.05, 4.69) is 29.1 Å². The van der Waals surface area contributed by atoms with Crippen LogP contribution in [0.4, 0.5) is 0 Å². The number of hydrogen-bond donors (Lipinski definition) is 2. The summed E-state index contributed by atoms with van der Waals surface area (Å²) in [6.07, 6.45) is 1.86. The number of H-pyrrole nitrogens is 1. The van der Waals surface area contributed by atoms with Crippen LogP contribution < -0.4 is 10.1 Å². The van der Waals surface area contributed by atoms with Crippen LogP contribution in [0.1, 0.15) is 26.6 Å². The number of aromatic amines is 1. The molecule has 4 heteroatoms. The summed E-state index contributed by atoms with van der Waals surface area (Å²) in [6, 6.07) is 8.45. The summed E-state index contributed by atoms with van der Waals surface area (Å²) in [5.74, 6) is 1.83. The van der Waals surface area contributed by atoms with Gasteiger partial charge in [0.15, 0.2) is 0 Å². The molecule has 1 aromatic heterocycles. The molecule has 1 heterocycles. The Morgan fingerprint density at radius 1 is 1.32 bits per heavy atom. The number of ether oxygens (including phenoxy) is 1. The van der Waals surface area contributed by atoms with Gasteiger partial charge >= 0.3 is 0 Å². The first-order valence-electron chi connectivity index (χ1n) is 6.70. The second-order valence-electron chi connectivity index (χ2n) is 4.71. The Morgan fingerprint density at radius 2 is 2.11 bits per heavy atom. The van der Waals surface area contributed by atoms with Crippen molar-refractivity contribution in [2.24, 2.45) is 0 Å². The smallest absolute Gasteiger partial charge is 0.128 e. The SMILES string of the molecule is CCOc1ccccc1-c1cnc(CNC(C)C)[nH]1. The zero-order valence-electron chi connectivity index (χ0n) is 11.7. The minimum Gasteiger partial charge on any atom is -0.493 e. The molecule has 102 valence electrons. The van der Waals surface area contributed by atoms with E-state index in [1.165, 1.54) is 0 Å². The Labute approximate surface area is 114 Å². The van der Waals surface area contributed by atoms with E-state index in [0.717, 1.165) is 29.4 Å². The normalized spacial score (nSPS) is 10.9. The molecule has 1 aromatic carbocycles. The molecule has 19 heavy (non-hydrogen) atoms. The van der Waals surface area contributed by atoms with Crippen molar-refractivity contribution in [3.63, 3.8) is 0 Å². The summed E-state index contributed by atoms with van der Waals surface area (Å²) in [7, 11) is 0. The third-order valence-corrected chi connectivity index (χ3v) is 2.78. The highest BCUT2D eigenvalue weighted by Gasteiger charge is 2.08. The van der Waals surface area contributed by atoms with Gasteiger partial charge in [-0.1, -0.05) is 26.0 Å². The van der Waals surface area contributed by atoms with Gasteiger partial charge in [0.1, 0.15) is 11.6 Å². The van der Waals surface area contributed by atoms with E-state index >= 15 is 0 Å². The van der Waals surface area contributed by atoms with Crippen LogP contribution in [-0.4, -0.2) is 22.6 Å². The molecular weight excluding hydrogens is 238 g/mol. The Hall–Kier alpha value is -1.81. The minimum absolute atomic E-state index is 0.448. The predicted molar refractivity (Wildman–Crippen MR) is 77.2 cm³/mol. The third-order valence-electron chi connectivity index (χ3n) is 2.78. The molecular formula is C15H21N3O. The van der Waals surface area contributed by atoms with E-state index < -0.39 is 0 Å². The monoisotopic (exact) mass is 259 g/mol. The molecule has 0 amide bonds. The number of imidazole rings is 1. The van der Waals surface area contributed by atoms with Gasteiger partial charge < -0.3 is 15.0 Å². The lowest BCUT2D eigenvalue weighted by molar-refractivity contribution is 0.341. The standard InChI is InChI=1S/C15H21N3O/c1-4-19-14-8-6-5-7-12(14)13-9-17-15(18-13)10-16-11(2)3/h5-9,11,16H,4,10H2,1-3H3,(H,17,18). The average molecular weight is 259 g/mol. The van der Waals surface area contributed by atoms with Crippen LogP contribution >= 0.6 is 0 Å². The molecule has 0 atom stereocenters. The molecule has 0 aliphatic rings. The fourth-order valence-electron chi connectivity index (χ4n) is 1.86. The van der Waals surface area contributed by atoms with Crippen LogP contribution in [-0.2, 0) is 6.54 Å². The van der Waals surface area contributed by atoms with Crippen LogP contribution in [0, 0.1) is 0 Å². The van der Waals surface area contributed by atoms with Gasteiger partial charge in [0.2, 0.25) is 0 Å². The van der Waals surface area contributed by atoms with Crippen molar-refractivity contribution in [2.45, 2.75) is 33.4 Å². The molecule has 0 unspecified atom stereocenters. The van der Waals surface area contributed by atoms with Gasteiger partial charge in [-0.3, -0.25) is 0 Å². The minimum atomic E-state index is 0.448. The first-order chi connectivity index (χ1) is 9.20. The second-order valence-corrected chi connectivity index (χ2v) is 4.71. The largest absolute Gasteiger partial charge is 0.493 e. The maximum absolute atomic E-state index is 5.64. The van der Waals surface area contributed by atoms with Crippen LogP contribution in [0.15, 0.2) is 30.5 Å². The first-order valence-corrected chi connectivity index (χ1v) is 6.70. The molecule has 2 N–H and O–H groups in total. The van der Waals surface area contributed by atoms with Gasteiger partial charge in [-0.15, -0.1) is 0 Å². The lowest BCUT2D eigenvalue weighted by atomic mass is 10.1. The van der Waals surface area contributed by atoms with Crippen molar-refractivity contribution >= 4 is 0 Å². The molecule has 0 spiro atoms. The van der Waals surface area contributed by atoms with Crippen LogP contribution in [0.25, 0.3) is 11.3 Å². The van der Waals surface area contributed by atoms with Crippen molar-refractivity contribution in [3.8, 4) is 17.0 Å². The number of nitrogens with zero attached hydrogens (tertiary/aromatic N) is 1. The second kappa shape index (κ2) is 6.38. The molecule has 2 aromatic rings. The number of hydrogen-bond acceptors (Lipinski definition) is 3. The Kier molecular flexibility index (Phi) is 4.58. The Bertz CT molecular complexity index is 520.